The highest BCUT2D eigenvalue weighted by Crippen LogP contribution is 2.39. The average Bonchev–Trinajstić information content (AvgIpc) is 3.00. The second-order valence-electron chi connectivity index (χ2n) is 6.73. The maximum atomic E-state index is 9.88. The van der Waals surface area contributed by atoms with Gasteiger partial charge in [-0.05, 0) is 30.2 Å². The molecule has 1 N–H and O–H groups in total. The molecule has 0 amide bonds. The maximum absolute atomic E-state index is 9.88. The largest absolute Gasteiger partial charge is 0.395 e. The molecule has 3 rings (SSSR count). The first-order chi connectivity index (χ1) is 9.21. The molecule has 1 aliphatic heterocycles. The van der Waals surface area contributed by atoms with Crippen molar-refractivity contribution in [1.29, 1.82) is 0 Å². The third-order valence-electron chi connectivity index (χ3n) is 5.19. The van der Waals surface area contributed by atoms with E-state index in [4.69, 9.17) is 0 Å². The van der Waals surface area contributed by atoms with Crippen LogP contribution in [0.2, 0.25) is 0 Å². The zero-order valence-electron chi connectivity index (χ0n) is 11.9. The monoisotopic (exact) mass is 259 g/mol. The molecule has 0 aromatic heterocycles. The Kier molecular flexibility index (Phi) is 3.64. The van der Waals surface area contributed by atoms with Crippen molar-refractivity contribution in [3.8, 4) is 0 Å². The van der Waals surface area contributed by atoms with Crippen LogP contribution in [0, 0.1) is 11.8 Å². The molecule has 0 spiro atoms. The minimum atomic E-state index is -0.125. The summed E-state index contributed by atoms with van der Waals surface area (Å²) in [5.41, 5.74) is 1.13. The van der Waals surface area contributed by atoms with Gasteiger partial charge in [0, 0.05) is 25.0 Å². The molecule has 3 unspecified atom stereocenters. The van der Waals surface area contributed by atoms with Crippen LogP contribution in [-0.4, -0.2) is 36.2 Å². The van der Waals surface area contributed by atoms with Crippen molar-refractivity contribution in [1.82, 2.24) is 4.90 Å². The summed E-state index contributed by atoms with van der Waals surface area (Å²) in [6.07, 6.45) is 4.27. The molecular weight excluding hydrogens is 234 g/mol. The first-order valence-corrected chi connectivity index (χ1v) is 7.60. The standard InChI is InChI=1S/C17H25NO/c1-17(13-19,16-8-3-2-4-9-16)12-18-10-14-6-5-7-15(14)11-18/h2-4,8-9,14-15,19H,5-7,10-13H2,1H3. The van der Waals surface area contributed by atoms with Gasteiger partial charge in [-0.2, -0.15) is 0 Å². The molecule has 0 radical (unpaired) electrons. The van der Waals surface area contributed by atoms with E-state index in [1.165, 1.54) is 37.9 Å². The molecule has 1 aromatic carbocycles. The van der Waals surface area contributed by atoms with Crippen LogP contribution < -0.4 is 0 Å². The maximum Gasteiger partial charge on any atom is 0.0537 e. The van der Waals surface area contributed by atoms with Gasteiger partial charge in [0.05, 0.1) is 6.61 Å². The molecule has 1 heterocycles. The number of fused-ring (bicyclic) bond motifs is 1. The Hall–Kier alpha value is -0.860. The molecule has 1 aromatic rings. The summed E-state index contributed by atoms with van der Waals surface area (Å²) >= 11 is 0. The quantitative estimate of drug-likeness (QED) is 0.898. The molecule has 19 heavy (non-hydrogen) atoms. The highest BCUT2D eigenvalue weighted by molar-refractivity contribution is 5.25. The lowest BCUT2D eigenvalue weighted by Gasteiger charge is -2.33. The van der Waals surface area contributed by atoms with E-state index in [0.717, 1.165) is 18.4 Å². The molecule has 104 valence electrons. The van der Waals surface area contributed by atoms with E-state index in [1.54, 1.807) is 0 Å². The first kappa shape index (κ1) is 13.1. The lowest BCUT2D eigenvalue weighted by Crippen LogP contribution is -2.41. The third-order valence-corrected chi connectivity index (χ3v) is 5.19. The zero-order valence-corrected chi connectivity index (χ0v) is 11.9. The van der Waals surface area contributed by atoms with Crippen LogP contribution in [0.25, 0.3) is 0 Å². The van der Waals surface area contributed by atoms with Crippen LogP contribution in [-0.2, 0) is 5.41 Å². The van der Waals surface area contributed by atoms with Crippen LogP contribution in [0.3, 0.4) is 0 Å². The molecular formula is C17H25NO. The Bertz CT molecular complexity index is 407. The van der Waals surface area contributed by atoms with Gasteiger partial charge in [-0.15, -0.1) is 0 Å². The number of aliphatic hydroxyl groups is 1. The number of benzene rings is 1. The minimum absolute atomic E-state index is 0.125. The van der Waals surface area contributed by atoms with E-state index in [2.05, 4.69) is 36.1 Å². The summed E-state index contributed by atoms with van der Waals surface area (Å²) in [6, 6.07) is 10.5. The van der Waals surface area contributed by atoms with Gasteiger partial charge in [0.1, 0.15) is 0 Å². The highest BCUT2D eigenvalue weighted by Gasteiger charge is 2.39. The number of nitrogens with zero attached hydrogens (tertiary/aromatic N) is 1. The summed E-state index contributed by atoms with van der Waals surface area (Å²) in [5.74, 6) is 1.86. The van der Waals surface area contributed by atoms with E-state index in [-0.39, 0.29) is 12.0 Å². The predicted molar refractivity (Wildman–Crippen MR) is 78.2 cm³/mol. The van der Waals surface area contributed by atoms with E-state index < -0.39 is 0 Å². The summed E-state index contributed by atoms with van der Waals surface area (Å²) < 4.78 is 0. The normalized spacial score (nSPS) is 30.2. The molecule has 1 saturated carbocycles. The van der Waals surface area contributed by atoms with Crippen molar-refractivity contribution >= 4 is 0 Å². The van der Waals surface area contributed by atoms with Crippen LogP contribution in [0.5, 0.6) is 0 Å². The van der Waals surface area contributed by atoms with Gasteiger partial charge in [0.25, 0.3) is 0 Å². The van der Waals surface area contributed by atoms with Crippen molar-refractivity contribution in [2.45, 2.75) is 31.6 Å². The number of hydrogen-bond donors (Lipinski definition) is 1. The lowest BCUT2D eigenvalue weighted by molar-refractivity contribution is 0.153. The van der Waals surface area contributed by atoms with E-state index >= 15 is 0 Å². The Balaban J connectivity index is 1.70. The van der Waals surface area contributed by atoms with Crippen LogP contribution >= 0.6 is 0 Å². The van der Waals surface area contributed by atoms with Gasteiger partial charge in [0.15, 0.2) is 0 Å². The number of likely N-dealkylation sites (tertiary alicyclic amines) is 1. The first-order valence-electron chi connectivity index (χ1n) is 7.60. The summed E-state index contributed by atoms with van der Waals surface area (Å²) in [6.45, 7) is 5.89. The molecule has 3 atom stereocenters. The van der Waals surface area contributed by atoms with E-state index in [0.29, 0.717) is 0 Å². The highest BCUT2D eigenvalue weighted by atomic mass is 16.3. The van der Waals surface area contributed by atoms with Crippen molar-refractivity contribution in [2.75, 3.05) is 26.2 Å². The van der Waals surface area contributed by atoms with Crippen molar-refractivity contribution in [3.05, 3.63) is 35.9 Å². The zero-order chi connectivity index (χ0) is 13.3. The van der Waals surface area contributed by atoms with E-state index in [9.17, 15) is 5.11 Å². The predicted octanol–water partition coefficient (Wildman–Crippen LogP) is 2.67. The third kappa shape index (κ3) is 2.56. The Labute approximate surface area is 116 Å². The molecule has 2 nitrogen and oxygen atoms in total. The fourth-order valence-electron chi connectivity index (χ4n) is 4.03. The fourth-order valence-corrected chi connectivity index (χ4v) is 4.03. The van der Waals surface area contributed by atoms with E-state index in [1.807, 2.05) is 6.07 Å². The van der Waals surface area contributed by atoms with Gasteiger partial charge in [0.2, 0.25) is 0 Å². The number of rotatable bonds is 4. The molecule has 2 fully saturated rings. The summed E-state index contributed by atoms with van der Waals surface area (Å²) in [5, 5.41) is 9.88. The molecule has 2 aliphatic rings. The van der Waals surface area contributed by atoms with Crippen LogP contribution in [0.4, 0.5) is 0 Å². The second kappa shape index (κ2) is 5.26. The smallest absolute Gasteiger partial charge is 0.0537 e. The fraction of sp³-hybridized carbons (Fsp3) is 0.647. The topological polar surface area (TPSA) is 23.5 Å². The molecule has 1 saturated heterocycles. The molecule has 1 aliphatic carbocycles. The summed E-state index contributed by atoms with van der Waals surface area (Å²) in [4.78, 5) is 2.58. The second-order valence-corrected chi connectivity index (χ2v) is 6.73. The summed E-state index contributed by atoms with van der Waals surface area (Å²) in [7, 11) is 0. The molecule has 2 heteroatoms. The Morgan fingerprint density at radius 3 is 2.37 bits per heavy atom. The molecule has 0 bridgehead atoms. The minimum Gasteiger partial charge on any atom is -0.395 e. The van der Waals surface area contributed by atoms with Crippen molar-refractivity contribution in [3.63, 3.8) is 0 Å². The van der Waals surface area contributed by atoms with Gasteiger partial charge in [-0.3, -0.25) is 0 Å². The van der Waals surface area contributed by atoms with Crippen molar-refractivity contribution < 1.29 is 5.11 Å². The lowest BCUT2D eigenvalue weighted by atomic mass is 9.83. The Morgan fingerprint density at radius 2 is 1.79 bits per heavy atom. The van der Waals surface area contributed by atoms with Gasteiger partial charge < -0.3 is 10.0 Å². The van der Waals surface area contributed by atoms with Crippen LogP contribution in [0.15, 0.2) is 30.3 Å². The van der Waals surface area contributed by atoms with Gasteiger partial charge in [-0.1, -0.05) is 43.7 Å². The number of hydrogen-bond acceptors (Lipinski definition) is 2. The van der Waals surface area contributed by atoms with Crippen molar-refractivity contribution in [2.24, 2.45) is 11.8 Å². The average molecular weight is 259 g/mol. The SMILES string of the molecule is CC(CO)(CN1CC2CCCC2C1)c1ccccc1. The van der Waals surface area contributed by atoms with Crippen LogP contribution in [0.1, 0.15) is 31.7 Å². The van der Waals surface area contributed by atoms with Gasteiger partial charge >= 0.3 is 0 Å². The van der Waals surface area contributed by atoms with Gasteiger partial charge in [-0.25, -0.2) is 0 Å². The number of aliphatic hydroxyl groups excluding tert-OH is 1. The Morgan fingerprint density at radius 1 is 1.16 bits per heavy atom.